The molecule has 0 aromatic rings. The average Bonchev–Trinajstić information content (AvgIpc) is 2.67. The molecule has 0 aromatic carbocycles. The number of hydrogen-bond donors (Lipinski definition) is 1. The Labute approximate surface area is 104 Å². The molecule has 0 bridgehead atoms. The first-order valence-corrected chi connectivity index (χ1v) is 6.09. The predicted octanol–water partition coefficient (Wildman–Crippen LogP) is 2.75. The van der Waals surface area contributed by atoms with E-state index >= 15 is 0 Å². The van der Waals surface area contributed by atoms with Gasteiger partial charge in [0, 0.05) is 12.7 Å². The Hall–Kier alpha value is -1.54. The van der Waals surface area contributed by atoms with Gasteiger partial charge in [0.1, 0.15) is 6.17 Å². The van der Waals surface area contributed by atoms with Crippen molar-refractivity contribution in [1.29, 1.82) is 0 Å². The third kappa shape index (κ3) is 2.27. The molecule has 0 saturated carbocycles. The van der Waals surface area contributed by atoms with E-state index in [-0.39, 0.29) is 6.17 Å². The van der Waals surface area contributed by atoms with E-state index in [1.807, 2.05) is 13.0 Å². The van der Waals surface area contributed by atoms with Crippen molar-refractivity contribution in [3.8, 4) is 0 Å². The van der Waals surface area contributed by atoms with Gasteiger partial charge in [0.2, 0.25) is 0 Å². The summed E-state index contributed by atoms with van der Waals surface area (Å²) in [6, 6.07) is 0.452. The van der Waals surface area contributed by atoms with Gasteiger partial charge in [-0.05, 0) is 25.0 Å². The monoisotopic (exact) mass is 228 g/mol. The van der Waals surface area contributed by atoms with Gasteiger partial charge < -0.3 is 4.90 Å². The molecule has 1 N–H and O–H groups in total. The van der Waals surface area contributed by atoms with Crippen LogP contribution in [0.4, 0.5) is 0 Å². The lowest BCUT2D eigenvalue weighted by Gasteiger charge is -2.23. The lowest BCUT2D eigenvalue weighted by molar-refractivity contribution is 0.374. The smallest absolute Gasteiger partial charge is 0.106 e. The highest BCUT2D eigenvalue weighted by Gasteiger charge is 2.33. The van der Waals surface area contributed by atoms with Crippen LogP contribution in [0, 0.1) is 0 Å². The Morgan fingerprint density at radius 2 is 2.41 bits per heavy atom. The zero-order valence-corrected chi connectivity index (χ0v) is 10.6. The van der Waals surface area contributed by atoms with Crippen LogP contribution in [-0.4, -0.2) is 24.2 Å². The minimum Gasteiger partial charge on any atom is -0.357 e. The fourth-order valence-corrected chi connectivity index (χ4v) is 2.47. The minimum absolute atomic E-state index is 0.250. The molecule has 2 rings (SSSR count). The number of rotatable bonds is 3. The van der Waals surface area contributed by atoms with Crippen LogP contribution in [0.25, 0.3) is 0 Å². The van der Waals surface area contributed by atoms with Crippen LogP contribution in [0.1, 0.15) is 13.3 Å². The zero-order valence-electron chi connectivity index (χ0n) is 10.6. The number of hydrogen-bond acceptors (Lipinski definition) is 2. The van der Waals surface area contributed by atoms with Crippen LogP contribution in [0.15, 0.2) is 60.4 Å². The van der Waals surface area contributed by atoms with Crippen molar-refractivity contribution in [1.82, 2.24) is 10.2 Å². The van der Waals surface area contributed by atoms with E-state index in [9.17, 15) is 0 Å². The van der Waals surface area contributed by atoms with Gasteiger partial charge in [-0.1, -0.05) is 43.0 Å². The average molecular weight is 228 g/mol. The summed E-state index contributed by atoms with van der Waals surface area (Å²) in [7, 11) is 2.14. The van der Waals surface area contributed by atoms with Crippen LogP contribution in [-0.2, 0) is 0 Å². The summed E-state index contributed by atoms with van der Waals surface area (Å²) in [5.41, 5.74) is 2.62. The van der Waals surface area contributed by atoms with Gasteiger partial charge in [0.25, 0.3) is 0 Å². The van der Waals surface area contributed by atoms with Crippen molar-refractivity contribution >= 4 is 0 Å². The SMILES string of the molecule is C=C/C=C(\C=C/C)C1NC2CC=CC=C2N1C. The Morgan fingerprint density at radius 1 is 1.59 bits per heavy atom. The minimum atomic E-state index is 0.250. The Balaban J connectivity index is 2.24. The van der Waals surface area contributed by atoms with E-state index in [0.717, 1.165) is 6.42 Å². The van der Waals surface area contributed by atoms with E-state index in [4.69, 9.17) is 0 Å². The van der Waals surface area contributed by atoms with Gasteiger partial charge >= 0.3 is 0 Å². The third-order valence-electron chi connectivity index (χ3n) is 3.27. The van der Waals surface area contributed by atoms with E-state index < -0.39 is 0 Å². The highest BCUT2D eigenvalue weighted by atomic mass is 15.3. The van der Waals surface area contributed by atoms with Crippen molar-refractivity contribution in [2.24, 2.45) is 0 Å². The van der Waals surface area contributed by atoms with Crippen LogP contribution in [0.5, 0.6) is 0 Å². The molecule has 2 heteroatoms. The standard InChI is InChI=1S/C15H20N2/c1-4-8-12(9-5-2)15-16-13-10-6-7-11-14(13)17(15)3/h4-9,11,13,15-16H,1,10H2,2-3H3/b9-5-,12-8+. The van der Waals surface area contributed by atoms with Crippen LogP contribution >= 0.6 is 0 Å². The molecule has 1 aliphatic carbocycles. The van der Waals surface area contributed by atoms with Gasteiger partial charge in [0.05, 0.1) is 6.04 Å². The second-order valence-electron chi connectivity index (χ2n) is 4.39. The fraction of sp³-hybridized carbons (Fsp3) is 0.333. The molecule has 2 unspecified atom stereocenters. The Kier molecular flexibility index (Phi) is 3.64. The lowest BCUT2D eigenvalue weighted by Crippen LogP contribution is -2.35. The maximum absolute atomic E-state index is 3.79. The van der Waals surface area contributed by atoms with E-state index in [1.165, 1.54) is 11.3 Å². The van der Waals surface area contributed by atoms with Crippen molar-refractivity contribution in [2.75, 3.05) is 7.05 Å². The Bertz CT molecular complexity index is 413. The predicted molar refractivity (Wildman–Crippen MR) is 73.4 cm³/mol. The summed E-state index contributed by atoms with van der Waals surface area (Å²) in [5.74, 6) is 0. The molecule has 17 heavy (non-hydrogen) atoms. The molecule has 1 fully saturated rings. The molecule has 1 aliphatic heterocycles. The molecule has 2 aliphatic rings. The van der Waals surface area contributed by atoms with Crippen molar-refractivity contribution < 1.29 is 0 Å². The quantitative estimate of drug-likeness (QED) is 0.747. The van der Waals surface area contributed by atoms with E-state index in [2.05, 4.69) is 60.3 Å². The molecule has 0 radical (unpaired) electrons. The summed E-state index contributed by atoms with van der Waals surface area (Å²) in [5, 5.41) is 3.65. The maximum atomic E-state index is 3.79. The summed E-state index contributed by atoms with van der Waals surface area (Å²) in [6.45, 7) is 5.83. The largest absolute Gasteiger partial charge is 0.357 e. The molecule has 0 spiro atoms. The number of fused-ring (bicyclic) bond motifs is 1. The lowest BCUT2D eigenvalue weighted by atomic mass is 10.1. The summed E-state index contributed by atoms with van der Waals surface area (Å²) in [4.78, 5) is 2.31. The van der Waals surface area contributed by atoms with Crippen LogP contribution < -0.4 is 5.32 Å². The van der Waals surface area contributed by atoms with Gasteiger partial charge in [0.15, 0.2) is 0 Å². The molecule has 2 atom stereocenters. The molecular formula is C15H20N2. The normalized spacial score (nSPS) is 28.5. The Morgan fingerprint density at radius 3 is 3.06 bits per heavy atom. The second kappa shape index (κ2) is 5.19. The third-order valence-corrected chi connectivity index (χ3v) is 3.27. The molecule has 90 valence electrons. The summed E-state index contributed by atoms with van der Waals surface area (Å²) >= 11 is 0. The molecular weight excluding hydrogens is 208 g/mol. The van der Waals surface area contributed by atoms with Crippen LogP contribution in [0.2, 0.25) is 0 Å². The first-order chi connectivity index (χ1) is 8.27. The van der Waals surface area contributed by atoms with E-state index in [1.54, 1.807) is 0 Å². The molecule has 0 aromatic heterocycles. The van der Waals surface area contributed by atoms with Crippen molar-refractivity contribution in [2.45, 2.75) is 25.6 Å². The second-order valence-corrected chi connectivity index (χ2v) is 4.39. The summed E-state index contributed by atoms with van der Waals surface area (Å²) < 4.78 is 0. The zero-order chi connectivity index (χ0) is 12.3. The fourth-order valence-electron chi connectivity index (χ4n) is 2.47. The van der Waals surface area contributed by atoms with Gasteiger partial charge in [-0.15, -0.1) is 0 Å². The molecule has 1 saturated heterocycles. The topological polar surface area (TPSA) is 15.3 Å². The summed E-state index contributed by atoms with van der Waals surface area (Å²) in [6.07, 6.45) is 16.0. The first-order valence-electron chi connectivity index (χ1n) is 6.09. The van der Waals surface area contributed by atoms with E-state index in [0.29, 0.717) is 6.04 Å². The van der Waals surface area contributed by atoms with Crippen molar-refractivity contribution in [3.63, 3.8) is 0 Å². The number of nitrogens with zero attached hydrogens (tertiary/aromatic N) is 1. The van der Waals surface area contributed by atoms with Gasteiger partial charge in [-0.3, -0.25) is 5.32 Å². The molecule has 2 nitrogen and oxygen atoms in total. The maximum Gasteiger partial charge on any atom is 0.106 e. The number of nitrogens with one attached hydrogen (secondary N) is 1. The van der Waals surface area contributed by atoms with Gasteiger partial charge in [-0.2, -0.15) is 0 Å². The first kappa shape index (κ1) is 11.9. The highest BCUT2D eigenvalue weighted by Crippen LogP contribution is 2.28. The van der Waals surface area contributed by atoms with Gasteiger partial charge in [-0.25, -0.2) is 0 Å². The van der Waals surface area contributed by atoms with Crippen LogP contribution in [0.3, 0.4) is 0 Å². The molecule has 1 heterocycles. The number of allylic oxidation sites excluding steroid dienone is 5. The molecule has 0 amide bonds. The highest BCUT2D eigenvalue weighted by molar-refractivity contribution is 5.35. The number of likely N-dealkylation sites (N-methyl/N-ethyl adjacent to an activating group) is 1. The van der Waals surface area contributed by atoms with Crippen molar-refractivity contribution in [3.05, 3.63) is 60.4 Å².